The molecule has 0 atom stereocenters. The Labute approximate surface area is 115 Å². The molecule has 1 aromatic carbocycles. The van der Waals surface area contributed by atoms with Gasteiger partial charge in [-0.25, -0.2) is 0 Å². The first-order valence-corrected chi connectivity index (χ1v) is 6.94. The third-order valence-corrected chi connectivity index (χ3v) is 2.83. The van der Waals surface area contributed by atoms with Gasteiger partial charge in [0.25, 0.3) is 5.92 Å². The van der Waals surface area contributed by atoms with Crippen molar-refractivity contribution in [2.45, 2.75) is 5.92 Å². The lowest BCUT2D eigenvalue weighted by atomic mass is 10.1. The summed E-state index contributed by atoms with van der Waals surface area (Å²) in [5, 5.41) is 0.761. The topological polar surface area (TPSA) is 12.5 Å². The highest BCUT2D eigenvalue weighted by Gasteiger charge is 2.32. The largest absolute Gasteiger partial charge is 0.379 e. The molecule has 0 spiro atoms. The third-order valence-electron chi connectivity index (χ3n) is 2.50. The van der Waals surface area contributed by atoms with Crippen LogP contribution in [0.2, 0.25) is 0 Å². The molecule has 0 saturated carbocycles. The van der Waals surface area contributed by atoms with Crippen molar-refractivity contribution < 1.29 is 13.5 Å². The van der Waals surface area contributed by atoms with Crippen LogP contribution in [0.5, 0.6) is 0 Å². The van der Waals surface area contributed by atoms with E-state index >= 15 is 0 Å². The van der Waals surface area contributed by atoms with Gasteiger partial charge in [-0.2, -0.15) is 8.78 Å². The predicted octanol–water partition coefficient (Wildman–Crippen LogP) is 3.12. The Morgan fingerprint density at radius 3 is 2.50 bits per heavy atom. The van der Waals surface area contributed by atoms with Crippen molar-refractivity contribution in [2.24, 2.45) is 0 Å². The molecule has 0 saturated heterocycles. The van der Waals surface area contributed by atoms with E-state index in [1.54, 1.807) is 30.1 Å². The van der Waals surface area contributed by atoms with E-state index in [0.29, 0.717) is 19.8 Å². The molecular weight excluding hydrogens is 304 g/mol. The SMILES string of the molecule is CN(CCOCCBr)CC(F)(F)c1ccccc1. The summed E-state index contributed by atoms with van der Waals surface area (Å²) in [6, 6.07) is 7.90. The molecule has 2 nitrogen and oxygen atoms in total. The summed E-state index contributed by atoms with van der Waals surface area (Å²) in [5.41, 5.74) is 0.0539. The number of hydrogen-bond donors (Lipinski definition) is 0. The van der Waals surface area contributed by atoms with E-state index in [1.807, 2.05) is 0 Å². The number of likely N-dealkylation sites (N-methyl/N-ethyl adjacent to an activating group) is 1. The highest BCUT2D eigenvalue weighted by molar-refractivity contribution is 9.09. The minimum Gasteiger partial charge on any atom is -0.379 e. The van der Waals surface area contributed by atoms with Gasteiger partial charge in [0.05, 0.1) is 19.8 Å². The quantitative estimate of drug-likeness (QED) is 0.539. The van der Waals surface area contributed by atoms with Crippen LogP contribution >= 0.6 is 15.9 Å². The van der Waals surface area contributed by atoms with Gasteiger partial charge >= 0.3 is 0 Å². The standard InChI is InChI=1S/C13H18BrF2NO/c1-17(8-10-18-9-7-14)11-13(15,16)12-5-3-2-4-6-12/h2-6H,7-11H2,1H3. The molecule has 0 aromatic heterocycles. The lowest BCUT2D eigenvalue weighted by Gasteiger charge is -2.24. The number of ether oxygens (including phenoxy) is 1. The average Bonchev–Trinajstić information content (AvgIpc) is 2.35. The van der Waals surface area contributed by atoms with Crippen molar-refractivity contribution in [3.63, 3.8) is 0 Å². The fourth-order valence-corrected chi connectivity index (χ4v) is 1.80. The van der Waals surface area contributed by atoms with Gasteiger partial charge in [-0.1, -0.05) is 46.3 Å². The minimum absolute atomic E-state index is 0.0539. The predicted molar refractivity (Wildman–Crippen MR) is 72.4 cm³/mol. The zero-order valence-corrected chi connectivity index (χ0v) is 12.0. The van der Waals surface area contributed by atoms with Gasteiger partial charge in [0.15, 0.2) is 0 Å². The Kier molecular flexibility index (Phi) is 6.75. The highest BCUT2D eigenvalue weighted by atomic mass is 79.9. The first-order valence-electron chi connectivity index (χ1n) is 5.82. The van der Waals surface area contributed by atoms with Crippen LogP contribution in [0.3, 0.4) is 0 Å². The zero-order valence-electron chi connectivity index (χ0n) is 10.4. The van der Waals surface area contributed by atoms with E-state index < -0.39 is 5.92 Å². The van der Waals surface area contributed by atoms with Crippen molar-refractivity contribution in [3.8, 4) is 0 Å². The highest BCUT2D eigenvalue weighted by Crippen LogP contribution is 2.28. The van der Waals surface area contributed by atoms with E-state index in [0.717, 1.165) is 5.33 Å². The van der Waals surface area contributed by atoms with Crippen LogP contribution in [0.25, 0.3) is 0 Å². The molecule has 18 heavy (non-hydrogen) atoms. The van der Waals surface area contributed by atoms with Gasteiger partial charge in [0, 0.05) is 17.4 Å². The number of rotatable bonds is 8. The molecule has 0 heterocycles. The Morgan fingerprint density at radius 1 is 1.22 bits per heavy atom. The second kappa shape index (κ2) is 7.81. The number of alkyl halides is 3. The fourth-order valence-electron chi connectivity index (χ4n) is 1.57. The summed E-state index contributed by atoms with van der Waals surface area (Å²) in [4.78, 5) is 1.58. The summed E-state index contributed by atoms with van der Waals surface area (Å²) < 4.78 is 33.0. The summed E-state index contributed by atoms with van der Waals surface area (Å²) in [6.45, 7) is 1.26. The molecule has 0 aliphatic heterocycles. The molecule has 0 fully saturated rings. The lowest BCUT2D eigenvalue weighted by molar-refractivity contribution is -0.0362. The summed E-state index contributed by atoms with van der Waals surface area (Å²) in [6.07, 6.45) is 0. The van der Waals surface area contributed by atoms with Crippen LogP contribution in [-0.4, -0.2) is 43.6 Å². The second-order valence-corrected chi connectivity index (χ2v) is 4.90. The smallest absolute Gasteiger partial charge is 0.285 e. The van der Waals surface area contributed by atoms with E-state index in [9.17, 15) is 8.78 Å². The van der Waals surface area contributed by atoms with Gasteiger partial charge in [-0.05, 0) is 7.05 Å². The summed E-state index contributed by atoms with van der Waals surface area (Å²) >= 11 is 3.24. The van der Waals surface area contributed by atoms with Crippen LogP contribution in [0, 0.1) is 0 Å². The third kappa shape index (κ3) is 5.42. The lowest BCUT2D eigenvalue weighted by Crippen LogP contribution is -2.34. The zero-order chi connectivity index (χ0) is 13.4. The Hall–Kier alpha value is -0.520. The molecular formula is C13H18BrF2NO. The number of halogens is 3. The first kappa shape index (κ1) is 15.5. The van der Waals surface area contributed by atoms with Crippen LogP contribution < -0.4 is 0 Å². The van der Waals surface area contributed by atoms with Gasteiger partial charge in [-0.3, -0.25) is 4.90 Å². The van der Waals surface area contributed by atoms with Gasteiger partial charge in [0.2, 0.25) is 0 Å². The Morgan fingerprint density at radius 2 is 1.89 bits per heavy atom. The molecule has 0 bridgehead atoms. The van der Waals surface area contributed by atoms with Crippen molar-refractivity contribution in [1.82, 2.24) is 4.90 Å². The second-order valence-electron chi connectivity index (χ2n) is 4.11. The van der Waals surface area contributed by atoms with Crippen molar-refractivity contribution in [3.05, 3.63) is 35.9 Å². The van der Waals surface area contributed by atoms with Crippen LogP contribution in [0.4, 0.5) is 8.78 Å². The van der Waals surface area contributed by atoms with Crippen LogP contribution in [0.15, 0.2) is 30.3 Å². The summed E-state index contributed by atoms with van der Waals surface area (Å²) in [7, 11) is 1.67. The van der Waals surface area contributed by atoms with Gasteiger partial charge in [0.1, 0.15) is 0 Å². The normalized spacial score (nSPS) is 12.1. The molecule has 0 unspecified atom stereocenters. The maximum absolute atomic E-state index is 13.9. The van der Waals surface area contributed by atoms with Crippen LogP contribution in [0.1, 0.15) is 5.56 Å². The maximum atomic E-state index is 13.9. The van der Waals surface area contributed by atoms with Gasteiger partial charge < -0.3 is 4.74 Å². The fraction of sp³-hybridized carbons (Fsp3) is 0.538. The average molecular weight is 322 g/mol. The minimum atomic E-state index is -2.83. The van der Waals surface area contributed by atoms with E-state index in [-0.39, 0.29) is 12.1 Å². The molecule has 5 heteroatoms. The maximum Gasteiger partial charge on any atom is 0.285 e. The number of nitrogens with zero attached hydrogens (tertiary/aromatic N) is 1. The van der Waals surface area contributed by atoms with Crippen molar-refractivity contribution in [2.75, 3.05) is 38.7 Å². The van der Waals surface area contributed by atoms with Gasteiger partial charge in [-0.15, -0.1) is 0 Å². The molecule has 0 amide bonds. The van der Waals surface area contributed by atoms with Crippen molar-refractivity contribution in [1.29, 1.82) is 0 Å². The Balaban J connectivity index is 2.40. The molecule has 0 radical (unpaired) electrons. The number of hydrogen-bond acceptors (Lipinski definition) is 2. The van der Waals surface area contributed by atoms with Crippen molar-refractivity contribution >= 4 is 15.9 Å². The summed E-state index contributed by atoms with van der Waals surface area (Å²) in [5.74, 6) is -2.83. The van der Waals surface area contributed by atoms with Crippen LogP contribution in [-0.2, 0) is 10.7 Å². The molecule has 1 rings (SSSR count). The molecule has 102 valence electrons. The van der Waals surface area contributed by atoms with E-state index in [1.165, 1.54) is 12.1 Å². The first-order chi connectivity index (χ1) is 8.56. The van der Waals surface area contributed by atoms with E-state index in [4.69, 9.17) is 4.74 Å². The Bertz CT molecular complexity index is 335. The van der Waals surface area contributed by atoms with E-state index in [2.05, 4.69) is 15.9 Å². The molecule has 0 aliphatic rings. The molecule has 0 N–H and O–H groups in total. The number of benzene rings is 1. The molecule has 0 aliphatic carbocycles. The molecule has 1 aromatic rings. The monoisotopic (exact) mass is 321 g/mol.